The van der Waals surface area contributed by atoms with E-state index in [-0.39, 0.29) is 12.0 Å². The van der Waals surface area contributed by atoms with Crippen molar-refractivity contribution < 1.29 is 13.5 Å². The van der Waals surface area contributed by atoms with Crippen molar-refractivity contribution in [2.24, 2.45) is 17.8 Å². The first-order valence-electron chi connectivity index (χ1n) is 6.74. The van der Waals surface area contributed by atoms with E-state index >= 15 is 0 Å². The molecule has 104 valence electrons. The highest BCUT2D eigenvalue weighted by atomic mass is 32.2. The summed E-state index contributed by atoms with van der Waals surface area (Å²) in [5.74, 6) is 1.16. The maximum Gasteiger partial charge on any atom is 0.240 e. The van der Waals surface area contributed by atoms with Gasteiger partial charge in [0.2, 0.25) is 10.0 Å². The van der Waals surface area contributed by atoms with Gasteiger partial charge in [0.1, 0.15) is 0 Å². The Labute approximate surface area is 113 Å². The first kappa shape index (κ1) is 13.1. The highest BCUT2D eigenvalue weighted by molar-refractivity contribution is 7.89. The van der Waals surface area contributed by atoms with E-state index in [2.05, 4.69) is 4.72 Å². The van der Waals surface area contributed by atoms with Crippen LogP contribution >= 0.6 is 0 Å². The monoisotopic (exact) mass is 281 g/mol. The van der Waals surface area contributed by atoms with Crippen LogP contribution in [0.25, 0.3) is 0 Å². The average molecular weight is 281 g/mol. The molecule has 0 heterocycles. The molecule has 2 aliphatic carbocycles. The lowest BCUT2D eigenvalue weighted by Crippen LogP contribution is -2.42. The Balaban J connectivity index is 1.78. The molecule has 0 aromatic heterocycles. The van der Waals surface area contributed by atoms with Crippen LogP contribution in [0.5, 0.6) is 0 Å². The molecule has 3 rings (SSSR count). The third-order valence-corrected chi connectivity index (χ3v) is 5.92. The molecular formula is C14H19NO3S. The van der Waals surface area contributed by atoms with Crippen LogP contribution in [-0.2, 0) is 10.0 Å². The van der Waals surface area contributed by atoms with Crippen molar-refractivity contribution in [3.63, 3.8) is 0 Å². The fraction of sp³-hybridized carbons (Fsp3) is 0.571. The number of benzene rings is 1. The number of rotatable bonds is 4. The minimum atomic E-state index is -3.47. The molecule has 1 aromatic carbocycles. The van der Waals surface area contributed by atoms with Crippen molar-refractivity contribution in [2.45, 2.75) is 36.8 Å². The molecule has 5 heteroatoms. The van der Waals surface area contributed by atoms with E-state index in [1.807, 2.05) is 0 Å². The minimum Gasteiger partial charge on any atom is -0.393 e. The molecule has 5 atom stereocenters. The van der Waals surface area contributed by atoms with Gasteiger partial charge >= 0.3 is 0 Å². The number of aliphatic hydroxyl groups excluding tert-OH is 1. The van der Waals surface area contributed by atoms with Gasteiger partial charge in [0.25, 0.3) is 0 Å². The first-order valence-corrected chi connectivity index (χ1v) is 8.23. The predicted octanol–water partition coefficient (Wildman–Crippen LogP) is 1.37. The Morgan fingerprint density at radius 1 is 1.26 bits per heavy atom. The molecule has 2 N–H and O–H groups in total. The highest BCUT2D eigenvalue weighted by Crippen LogP contribution is 2.56. The third kappa shape index (κ3) is 2.42. The van der Waals surface area contributed by atoms with E-state index in [0.717, 1.165) is 12.8 Å². The largest absolute Gasteiger partial charge is 0.393 e. The molecular weight excluding hydrogens is 262 g/mol. The number of fused-ring (bicyclic) bond motifs is 1. The summed E-state index contributed by atoms with van der Waals surface area (Å²) in [6, 6.07) is 8.28. The summed E-state index contributed by atoms with van der Waals surface area (Å²) in [5.41, 5.74) is 0. The van der Waals surface area contributed by atoms with Crippen molar-refractivity contribution in [3.8, 4) is 0 Å². The van der Waals surface area contributed by atoms with Crippen LogP contribution in [0.4, 0.5) is 0 Å². The van der Waals surface area contributed by atoms with Gasteiger partial charge in [0.05, 0.1) is 11.0 Å². The normalized spacial score (nSPS) is 34.8. The Morgan fingerprint density at radius 2 is 1.95 bits per heavy atom. The molecule has 4 nitrogen and oxygen atoms in total. The van der Waals surface area contributed by atoms with Crippen LogP contribution in [0.3, 0.4) is 0 Å². The number of hydrogen-bond acceptors (Lipinski definition) is 3. The van der Waals surface area contributed by atoms with Crippen LogP contribution in [-0.4, -0.2) is 25.7 Å². The lowest BCUT2D eigenvalue weighted by Gasteiger charge is -2.25. The molecule has 0 amide bonds. The molecule has 2 fully saturated rings. The second kappa shape index (κ2) is 4.58. The summed E-state index contributed by atoms with van der Waals surface area (Å²) >= 11 is 0. The lowest BCUT2D eigenvalue weighted by molar-refractivity contribution is 0.104. The maximum atomic E-state index is 12.3. The Kier molecular flexibility index (Phi) is 3.15. The van der Waals surface area contributed by atoms with Crippen molar-refractivity contribution >= 4 is 10.0 Å². The Morgan fingerprint density at radius 3 is 2.58 bits per heavy atom. The molecule has 0 saturated heterocycles. The average Bonchev–Trinajstić information content (AvgIpc) is 3.01. The fourth-order valence-corrected chi connectivity index (χ4v) is 4.79. The summed E-state index contributed by atoms with van der Waals surface area (Å²) in [4.78, 5) is 0.292. The fourth-order valence-electron chi connectivity index (χ4n) is 3.48. The van der Waals surface area contributed by atoms with Crippen LogP contribution in [0.15, 0.2) is 35.2 Å². The van der Waals surface area contributed by atoms with Gasteiger partial charge in [-0.15, -0.1) is 0 Å². The Hall–Kier alpha value is -0.910. The summed E-state index contributed by atoms with van der Waals surface area (Å²) in [5, 5.41) is 9.85. The summed E-state index contributed by atoms with van der Waals surface area (Å²) in [6.07, 6.45) is 1.53. The number of hydrogen-bond donors (Lipinski definition) is 2. The summed E-state index contributed by atoms with van der Waals surface area (Å²) in [7, 11) is -3.47. The summed E-state index contributed by atoms with van der Waals surface area (Å²) in [6.45, 7) is 1.76. The molecule has 1 unspecified atom stereocenters. The zero-order valence-corrected chi connectivity index (χ0v) is 11.7. The topological polar surface area (TPSA) is 66.4 Å². The number of nitrogens with one attached hydrogen (secondary N) is 1. The zero-order chi connectivity index (χ0) is 13.6. The van der Waals surface area contributed by atoms with Gasteiger partial charge in [-0.2, -0.15) is 0 Å². The quantitative estimate of drug-likeness (QED) is 0.876. The van der Waals surface area contributed by atoms with Gasteiger partial charge < -0.3 is 5.11 Å². The van der Waals surface area contributed by atoms with Gasteiger partial charge in [-0.3, -0.25) is 0 Å². The van der Waals surface area contributed by atoms with Crippen LogP contribution in [0.2, 0.25) is 0 Å². The van der Waals surface area contributed by atoms with Crippen LogP contribution in [0.1, 0.15) is 19.8 Å². The standard InChI is InChI=1S/C14H19NO3S/c1-9(16)14-12-7-10(12)8-13(14)15-19(17,18)11-5-3-2-4-6-11/h2-6,9-10,12-16H,7-8H2,1H3/t9?,10-,12-,13+,14-/m0/s1. The second-order valence-electron chi connectivity index (χ2n) is 5.75. The van der Waals surface area contributed by atoms with Gasteiger partial charge in [-0.25, -0.2) is 13.1 Å². The van der Waals surface area contributed by atoms with Gasteiger partial charge in [0, 0.05) is 12.0 Å². The molecule has 0 spiro atoms. The second-order valence-corrected chi connectivity index (χ2v) is 7.47. The van der Waals surface area contributed by atoms with E-state index in [9.17, 15) is 13.5 Å². The summed E-state index contributed by atoms with van der Waals surface area (Å²) < 4.78 is 27.3. The maximum absolute atomic E-state index is 12.3. The van der Waals surface area contributed by atoms with Gasteiger partial charge in [-0.05, 0) is 43.7 Å². The van der Waals surface area contributed by atoms with Crippen molar-refractivity contribution in [1.82, 2.24) is 4.72 Å². The van der Waals surface area contributed by atoms with Crippen molar-refractivity contribution in [2.75, 3.05) is 0 Å². The van der Waals surface area contributed by atoms with Gasteiger partial charge in [-0.1, -0.05) is 18.2 Å². The van der Waals surface area contributed by atoms with E-state index in [1.54, 1.807) is 37.3 Å². The van der Waals surface area contributed by atoms with Crippen molar-refractivity contribution in [1.29, 1.82) is 0 Å². The SMILES string of the molecule is CC(O)[C@H]1[C@H]2C[C@H]2C[C@H]1NS(=O)(=O)c1ccccc1. The molecule has 2 saturated carbocycles. The minimum absolute atomic E-state index is 0.0588. The van der Waals surface area contributed by atoms with E-state index < -0.39 is 16.1 Å². The predicted molar refractivity (Wildman–Crippen MR) is 71.9 cm³/mol. The number of aliphatic hydroxyl groups is 1. The molecule has 2 aliphatic rings. The Bertz CT molecular complexity index is 555. The van der Waals surface area contributed by atoms with E-state index in [1.165, 1.54) is 0 Å². The number of sulfonamides is 1. The van der Waals surface area contributed by atoms with Gasteiger partial charge in [0.15, 0.2) is 0 Å². The third-order valence-electron chi connectivity index (χ3n) is 4.41. The molecule has 0 bridgehead atoms. The molecule has 1 aromatic rings. The lowest BCUT2D eigenvalue weighted by atomic mass is 9.94. The highest BCUT2D eigenvalue weighted by Gasteiger charge is 2.55. The van der Waals surface area contributed by atoms with E-state index in [0.29, 0.717) is 16.7 Å². The first-order chi connectivity index (χ1) is 8.99. The molecule has 0 aliphatic heterocycles. The van der Waals surface area contributed by atoms with Crippen LogP contribution < -0.4 is 4.72 Å². The van der Waals surface area contributed by atoms with Crippen molar-refractivity contribution in [3.05, 3.63) is 30.3 Å². The smallest absolute Gasteiger partial charge is 0.240 e. The molecule has 0 radical (unpaired) electrons. The molecule has 19 heavy (non-hydrogen) atoms. The van der Waals surface area contributed by atoms with Crippen LogP contribution in [0, 0.1) is 17.8 Å². The van der Waals surface area contributed by atoms with E-state index in [4.69, 9.17) is 0 Å². The zero-order valence-electron chi connectivity index (χ0n) is 10.9.